The number of hydrogen-bond acceptors (Lipinski definition) is 6. The molecule has 0 unspecified atom stereocenters. The van der Waals surface area contributed by atoms with Crippen molar-refractivity contribution >= 4 is 29.1 Å². The van der Waals surface area contributed by atoms with Crippen molar-refractivity contribution < 1.29 is 9.72 Å². The van der Waals surface area contributed by atoms with E-state index >= 15 is 0 Å². The number of nitro groups is 1. The van der Waals surface area contributed by atoms with Crippen LogP contribution in [0.4, 0.5) is 5.69 Å². The van der Waals surface area contributed by atoms with E-state index in [2.05, 4.69) is 15.6 Å². The first-order valence-electron chi connectivity index (χ1n) is 7.25. The van der Waals surface area contributed by atoms with Crippen LogP contribution in [0.1, 0.15) is 20.9 Å². The van der Waals surface area contributed by atoms with E-state index in [1.165, 1.54) is 23.5 Å². The fourth-order valence-electron chi connectivity index (χ4n) is 2.06. The number of aromatic nitrogens is 2. The molecule has 0 aliphatic rings. The normalized spacial score (nSPS) is 10.9. The summed E-state index contributed by atoms with van der Waals surface area (Å²) >= 11 is 1.52. The van der Waals surface area contributed by atoms with Gasteiger partial charge in [0, 0.05) is 23.2 Å². The fraction of sp³-hybridized carbons (Fsp3) is 0.0625. The summed E-state index contributed by atoms with van der Waals surface area (Å²) in [4.78, 5) is 23.1. The first kappa shape index (κ1) is 16.5. The van der Waals surface area contributed by atoms with Crippen LogP contribution >= 0.6 is 11.3 Å². The Morgan fingerprint density at radius 1 is 1.32 bits per heavy atom. The second kappa shape index (κ2) is 7.49. The third-order valence-electron chi connectivity index (χ3n) is 3.27. The lowest BCUT2D eigenvalue weighted by Gasteiger charge is -2.01. The van der Waals surface area contributed by atoms with Gasteiger partial charge < -0.3 is 0 Å². The molecule has 25 heavy (non-hydrogen) atoms. The zero-order valence-corrected chi connectivity index (χ0v) is 13.7. The molecule has 0 radical (unpaired) electrons. The second-order valence-electron chi connectivity index (χ2n) is 5.04. The Balaban J connectivity index is 1.59. The SMILES string of the molecule is O=C(N/N=C/c1cccs1)c1ccn(Cc2ccc([N+](=O)[O-])cc2)n1. The Labute approximate surface area is 146 Å². The van der Waals surface area contributed by atoms with Gasteiger partial charge in [0.15, 0.2) is 5.69 Å². The van der Waals surface area contributed by atoms with Crippen LogP contribution in [0.5, 0.6) is 0 Å². The van der Waals surface area contributed by atoms with Gasteiger partial charge in [-0.2, -0.15) is 10.2 Å². The van der Waals surface area contributed by atoms with Crippen molar-refractivity contribution in [3.05, 3.63) is 80.3 Å². The van der Waals surface area contributed by atoms with Crippen molar-refractivity contribution in [2.75, 3.05) is 0 Å². The molecular formula is C16H13N5O3S. The molecule has 8 nitrogen and oxygen atoms in total. The van der Waals surface area contributed by atoms with Gasteiger partial charge >= 0.3 is 0 Å². The highest BCUT2D eigenvalue weighted by molar-refractivity contribution is 7.11. The maximum absolute atomic E-state index is 12.0. The molecule has 126 valence electrons. The van der Waals surface area contributed by atoms with E-state index in [0.29, 0.717) is 6.54 Å². The van der Waals surface area contributed by atoms with E-state index < -0.39 is 10.8 Å². The van der Waals surface area contributed by atoms with Crippen LogP contribution in [0.25, 0.3) is 0 Å². The summed E-state index contributed by atoms with van der Waals surface area (Å²) in [5, 5.41) is 20.6. The van der Waals surface area contributed by atoms with Crippen molar-refractivity contribution in [1.29, 1.82) is 0 Å². The number of hydrazone groups is 1. The summed E-state index contributed by atoms with van der Waals surface area (Å²) in [5.74, 6) is -0.407. The molecule has 1 amide bonds. The predicted molar refractivity (Wildman–Crippen MR) is 93.8 cm³/mol. The minimum Gasteiger partial charge on any atom is -0.268 e. The molecule has 3 rings (SSSR count). The molecule has 0 atom stereocenters. The van der Waals surface area contributed by atoms with E-state index in [9.17, 15) is 14.9 Å². The molecule has 0 fully saturated rings. The molecule has 2 heterocycles. The number of hydrogen-bond donors (Lipinski definition) is 1. The van der Waals surface area contributed by atoms with Gasteiger partial charge in [-0.15, -0.1) is 11.3 Å². The van der Waals surface area contributed by atoms with Crippen LogP contribution in [0, 0.1) is 10.1 Å². The third kappa shape index (κ3) is 4.36. The van der Waals surface area contributed by atoms with Crippen LogP contribution in [0.2, 0.25) is 0 Å². The third-order valence-corrected chi connectivity index (χ3v) is 4.07. The average molecular weight is 355 g/mol. The summed E-state index contributed by atoms with van der Waals surface area (Å²) in [6.07, 6.45) is 3.23. The number of carbonyl (C=O) groups excluding carboxylic acids is 1. The Morgan fingerprint density at radius 3 is 2.80 bits per heavy atom. The zero-order chi connectivity index (χ0) is 17.6. The molecule has 0 saturated carbocycles. The molecule has 3 aromatic rings. The Kier molecular flexibility index (Phi) is 4.95. The van der Waals surface area contributed by atoms with Gasteiger partial charge in [-0.1, -0.05) is 18.2 Å². The van der Waals surface area contributed by atoms with Gasteiger partial charge in [0.2, 0.25) is 0 Å². The molecule has 1 N–H and O–H groups in total. The predicted octanol–water partition coefficient (Wildman–Crippen LogP) is 2.67. The van der Waals surface area contributed by atoms with E-state index in [1.807, 2.05) is 17.5 Å². The minimum atomic E-state index is -0.448. The minimum absolute atomic E-state index is 0.0351. The molecule has 0 bridgehead atoms. The fourth-order valence-corrected chi connectivity index (χ4v) is 2.64. The van der Waals surface area contributed by atoms with Gasteiger partial charge in [-0.05, 0) is 23.1 Å². The first-order valence-corrected chi connectivity index (χ1v) is 8.13. The molecule has 2 aromatic heterocycles. The van der Waals surface area contributed by atoms with Crippen molar-refractivity contribution in [2.45, 2.75) is 6.54 Å². The maximum atomic E-state index is 12.0. The number of amides is 1. The summed E-state index contributed by atoms with van der Waals surface area (Å²) < 4.78 is 1.58. The topological polar surface area (TPSA) is 102 Å². The van der Waals surface area contributed by atoms with E-state index in [-0.39, 0.29) is 11.4 Å². The Morgan fingerprint density at radius 2 is 2.12 bits per heavy atom. The van der Waals surface area contributed by atoms with Gasteiger partial charge in [0.25, 0.3) is 11.6 Å². The lowest BCUT2D eigenvalue weighted by atomic mass is 10.2. The highest BCUT2D eigenvalue weighted by Gasteiger charge is 2.09. The molecule has 0 aliphatic carbocycles. The Bertz CT molecular complexity index is 900. The zero-order valence-electron chi connectivity index (χ0n) is 12.9. The molecule has 0 aliphatic heterocycles. The highest BCUT2D eigenvalue weighted by Crippen LogP contribution is 2.12. The van der Waals surface area contributed by atoms with Crippen molar-refractivity contribution in [2.24, 2.45) is 5.10 Å². The van der Waals surface area contributed by atoms with Crippen LogP contribution in [0.15, 0.2) is 59.1 Å². The van der Waals surface area contributed by atoms with Crippen LogP contribution in [-0.2, 0) is 6.54 Å². The quantitative estimate of drug-likeness (QED) is 0.417. The summed E-state index contributed by atoms with van der Waals surface area (Å²) in [6.45, 7) is 0.406. The molecule has 9 heteroatoms. The van der Waals surface area contributed by atoms with Crippen LogP contribution in [0.3, 0.4) is 0 Å². The summed E-state index contributed by atoms with van der Waals surface area (Å²) in [6, 6.07) is 11.6. The van der Waals surface area contributed by atoms with E-state index in [1.54, 1.807) is 35.3 Å². The van der Waals surface area contributed by atoms with Gasteiger partial charge in [-0.3, -0.25) is 19.6 Å². The monoisotopic (exact) mass is 355 g/mol. The van der Waals surface area contributed by atoms with E-state index in [4.69, 9.17) is 0 Å². The van der Waals surface area contributed by atoms with E-state index in [0.717, 1.165) is 10.4 Å². The molecular weight excluding hydrogens is 342 g/mol. The first-order chi connectivity index (χ1) is 12.1. The number of nitrogens with one attached hydrogen (secondary N) is 1. The largest absolute Gasteiger partial charge is 0.291 e. The van der Waals surface area contributed by atoms with Crippen LogP contribution in [-0.4, -0.2) is 26.8 Å². The molecule has 1 aromatic carbocycles. The smallest absolute Gasteiger partial charge is 0.268 e. The summed E-state index contributed by atoms with van der Waals surface area (Å²) in [5.41, 5.74) is 3.54. The van der Waals surface area contributed by atoms with Crippen molar-refractivity contribution in [3.8, 4) is 0 Å². The van der Waals surface area contributed by atoms with Crippen molar-refractivity contribution in [3.63, 3.8) is 0 Å². The lowest BCUT2D eigenvalue weighted by Crippen LogP contribution is -2.18. The highest BCUT2D eigenvalue weighted by atomic mass is 32.1. The second-order valence-corrected chi connectivity index (χ2v) is 6.02. The van der Waals surface area contributed by atoms with Crippen LogP contribution < -0.4 is 5.43 Å². The average Bonchev–Trinajstić information content (AvgIpc) is 3.27. The standard InChI is InChI=1S/C16H13N5O3S/c22-16(18-17-10-14-2-1-9-25-14)15-7-8-20(19-15)11-12-3-5-13(6-4-12)21(23)24/h1-10H,11H2,(H,18,22)/b17-10+. The number of benzene rings is 1. The molecule has 0 spiro atoms. The van der Waals surface area contributed by atoms with Crippen molar-refractivity contribution in [1.82, 2.24) is 15.2 Å². The number of rotatable bonds is 6. The number of carbonyl (C=O) groups is 1. The summed E-state index contributed by atoms with van der Waals surface area (Å²) in [7, 11) is 0. The van der Waals surface area contributed by atoms with Gasteiger partial charge in [-0.25, -0.2) is 5.43 Å². The van der Waals surface area contributed by atoms with Gasteiger partial charge in [0.05, 0.1) is 17.7 Å². The molecule has 0 saturated heterocycles. The number of non-ortho nitro benzene ring substituents is 1. The Hall–Kier alpha value is -3.33. The number of nitro benzene ring substituents is 1. The maximum Gasteiger partial charge on any atom is 0.291 e. The lowest BCUT2D eigenvalue weighted by molar-refractivity contribution is -0.384. The number of nitrogens with zero attached hydrogens (tertiary/aromatic N) is 4. The van der Waals surface area contributed by atoms with Gasteiger partial charge in [0.1, 0.15) is 0 Å². The number of thiophene rings is 1.